The Labute approximate surface area is 190 Å². The maximum atomic E-state index is 13.2. The summed E-state index contributed by atoms with van der Waals surface area (Å²) in [5.74, 6) is 4.19. The summed E-state index contributed by atoms with van der Waals surface area (Å²) >= 11 is 0. The molecule has 0 radical (unpaired) electrons. The molecule has 3 aromatic rings. The summed E-state index contributed by atoms with van der Waals surface area (Å²) in [5, 5.41) is 12.6. The molecule has 0 spiro atoms. The second kappa shape index (κ2) is 10.0. The molecule has 4 N–H and O–H groups in total. The first-order valence-corrected chi connectivity index (χ1v) is 11.7. The van der Waals surface area contributed by atoms with E-state index < -0.39 is 15.9 Å². The third kappa shape index (κ3) is 6.53. The van der Waals surface area contributed by atoms with Crippen molar-refractivity contribution in [3.63, 3.8) is 0 Å². The minimum atomic E-state index is -3.42. The molecule has 1 amide bonds. The first-order chi connectivity index (χ1) is 15.5. The van der Waals surface area contributed by atoms with Gasteiger partial charge in [0.2, 0.25) is 15.7 Å². The van der Waals surface area contributed by atoms with Gasteiger partial charge in [-0.2, -0.15) is 10.4 Å². The number of nitrogens with zero attached hydrogens (tertiary/aromatic N) is 3. The number of rotatable bonds is 6. The summed E-state index contributed by atoms with van der Waals surface area (Å²) in [6, 6.07) is 7.78. The van der Waals surface area contributed by atoms with Crippen molar-refractivity contribution in [2.24, 2.45) is 0 Å². The molecule has 2 heterocycles. The number of aromatic nitrogens is 2. The minimum absolute atomic E-state index is 0.142. The van der Waals surface area contributed by atoms with Gasteiger partial charge in [0.1, 0.15) is 17.0 Å². The summed E-state index contributed by atoms with van der Waals surface area (Å²) in [6.07, 6.45) is 3.02. The number of aromatic hydroxyl groups is 1. The number of carbonyl (C=O) groups excluding carboxylic acids is 1. The zero-order valence-corrected chi connectivity index (χ0v) is 19.1. The van der Waals surface area contributed by atoms with Crippen molar-refractivity contribution in [1.82, 2.24) is 19.7 Å². The van der Waals surface area contributed by atoms with Crippen LogP contribution >= 0.6 is 0 Å². The number of fused-ring (bicyclic) bond motifs is 1. The molecule has 0 atom stereocenters. The van der Waals surface area contributed by atoms with E-state index in [-0.39, 0.29) is 35.0 Å². The Bertz CT molecular complexity index is 1360. The van der Waals surface area contributed by atoms with E-state index in [9.17, 15) is 22.7 Å². The minimum Gasteiger partial charge on any atom is -0.504 e. The molecule has 3 rings (SSSR count). The topological polar surface area (TPSA) is 129 Å². The van der Waals surface area contributed by atoms with E-state index in [0.29, 0.717) is 11.8 Å². The Morgan fingerprint density at radius 2 is 1.94 bits per heavy atom. The van der Waals surface area contributed by atoms with Gasteiger partial charge < -0.3 is 5.11 Å². The van der Waals surface area contributed by atoms with Crippen LogP contribution in [-0.4, -0.2) is 61.3 Å². The standard InChI is InChI=1S/C22H22FN5O4S/c1-28(2)27-22(30)20-21(29)19-17(18(26-20)5-4-10-25-33(3,31)32)12-15(13-24-19)11-14-6-8-16(23)9-7-14/h6-9,12-13,25,29H,10-11H2,1-3H3,(H,27,30)/p+1. The molecule has 0 fully saturated rings. The predicted molar refractivity (Wildman–Crippen MR) is 120 cm³/mol. The molecular formula is C22H23FN5O4S+. The zero-order valence-electron chi connectivity index (χ0n) is 18.3. The Kier molecular flexibility index (Phi) is 7.35. The quantitative estimate of drug-likeness (QED) is 0.265. The normalized spacial score (nSPS) is 11.4. The molecule has 0 saturated carbocycles. The van der Waals surface area contributed by atoms with Crippen LogP contribution in [-0.2, 0) is 16.4 Å². The Hall–Kier alpha value is -3.43. The molecule has 0 aliphatic carbocycles. The highest BCUT2D eigenvalue weighted by Gasteiger charge is 2.23. The molecule has 0 bridgehead atoms. The van der Waals surface area contributed by atoms with E-state index in [1.807, 2.05) is 0 Å². The van der Waals surface area contributed by atoms with Gasteiger partial charge in [-0.3, -0.25) is 4.98 Å². The highest BCUT2D eigenvalue weighted by Crippen LogP contribution is 2.28. The van der Waals surface area contributed by atoms with Crippen molar-refractivity contribution < 1.29 is 28.1 Å². The Balaban J connectivity index is 2.08. The lowest BCUT2D eigenvalue weighted by molar-refractivity contribution is -0.710. The van der Waals surface area contributed by atoms with Gasteiger partial charge in [0.25, 0.3) is 0 Å². The summed E-state index contributed by atoms with van der Waals surface area (Å²) in [7, 11) is -0.103. The fourth-order valence-corrected chi connectivity index (χ4v) is 3.34. The first-order valence-electron chi connectivity index (χ1n) is 9.78. The average Bonchev–Trinajstić information content (AvgIpc) is 2.73. The number of sulfonamides is 1. The van der Waals surface area contributed by atoms with Gasteiger partial charge in [0, 0.05) is 25.7 Å². The molecule has 0 aliphatic heterocycles. The molecule has 33 heavy (non-hydrogen) atoms. The molecule has 172 valence electrons. The molecule has 0 unspecified atom stereocenters. The predicted octanol–water partition coefficient (Wildman–Crippen LogP) is 0.146. The summed E-state index contributed by atoms with van der Waals surface area (Å²) < 4.78 is 38.0. The second-order valence-corrected chi connectivity index (χ2v) is 9.39. The summed E-state index contributed by atoms with van der Waals surface area (Å²) in [5.41, 5.74) is 2.97. The second-order valence-electron chi connectivity index (χ2n) is 7.55. The van der Waals surface area contributed by atoms with E-state index in [4.69, 9.17) is 0 Å². The number of hydrogen-bond acceptors (Lipinski definition) is 7. The van der Waals surface area contributed by atoms with Crippen molar-refractivity contribution >= 4 is 26.8 Å². The van der Waals surface area contributed by atoms with E-state index in [1.165, 1.54) is 22.6 Å². The Morgan fingerprint density at radius 3 is 2.58 bits per heavy atom. The van der Waals surface area contributed by atoms with Crippen LogP contribution in [0.15, 0.2) is 36.5 Å². The number of quaternary nitrogens is 1. The highest BCUT2D eigenvalue weighted by atomic mass is 32.2. The van der Waals surface area contributed by atoms with Crippen molar-refractivity contribution in [2.45, 2.75) is 6.42 Å². The Morgan fingerprint density at radius 1 is 1.24 bits per heavy atom. The van der Waals surface area contributed by atoms with Crippen LogP contribution in [0.1, 0.15) is 27.3 Å². The maximum absolute atomic E-state index is 13.2. The number of benzene rings is 1. The number of halogens is 1. The van der Waals surface area contributed by atoms with Crippen LogP contribution in [0.4, 0.5) is 4.39 Å². The lowest BCUT2D eigenvalue weighted by Gasteiger charge is -2.10. The van der Waals surface area contributed by atoms with E-state index in [0.717, 1.165) is 17.4 Å². The number of hydrogen-bond donors (Lipinski definition) is 3. The van der Waals surface area contributed by atoms with Gasteiger partial charge in [0.05, 0.1) is 12.8 Å². The lowest BCUT2D eigenvalue weighted by atomic mass is 10.0. The van der Waals surface area contributed by atoms with Crippen LogP contribution in [0.3, 0.4) is 0 Å². The highest BCUT2D eigenvalue weighted by molar-refractivity contribution is 7.88. The summed E-state index contributed by atoms with van der Waals surface area (Å²) in [6.45, 7) is -0.154. The van der Waals surface area contributed by atoms with Gasteiger partial charge in [0.15, 0.2) is 5.75 Å². The van der Waals surface area contributed by atoms with Crippen LogP contribution in [0, 0.1) is 17.7 Å². The van der Waals surface area contributed by atoms with Crippen LogP contribution in [0.5, 0.6) is 5.75 Å². The van der Waals surface area contributed by atoms with Crippen molar-refractivity contribution in [3.8, 4) is 17.6 Å². The maximum Gasteiger partial charge on any atom is 0.384 e. The number of nitrogens with one attached hydrogen (secondary N) is 1. The van der Waals surface area contributed by atoms with Crippen LogP contribution in [0.25, 0.3) is 10.9 Å². The number of amides is 1. The number of carbonyl (C=O) groups is 1. The SMILES string of the molecule is CN(C)[NH2+]C(=O)c1nc(C#CCNS(C)(=O)=O)c2cc(Cc3ccc(F)cc3)cnc2c1O. The van der Waals surface area contributed by atoms with Crippen molar-refractivity contribution in [2.75, 3.05) is 26.9 Å². The monoisotopic (exact) mass is 472 g/mol. The number of pyridine rings is 2. The molecular weight excluding hydrogens is 449 g/mol. The molecule has 2 aromatic heterocycles. The van der Waals surface area contributed by atoms with E-state index in [1.54, 1.807) is 38.5 Å². The van der Waals surface area contributed by atoms with Gasteiger partial charge in [-0.25, -0.2) is 27.3 Å². The fourth-order valence-electron chi connectivity index (χ4n) is 3.01. The molecule has 0 aliphatic rings. The van der Waals surface area contributed by atoms with Crippen molar-refractivity contribution in [3.05, 3.63) is 64.9 Å². The molecule has 11 heteroatoms. The largest absolute Gasteiger partial charge is 0.504 e. The fraction of sp³-hybridized carbons (Fsp3) is 0.227. The number of nitrogens with two attached hydrogens (primary N) is 1. The smallest absolute Gasteiger partial charge is 0.384 e. The van der Waals surface area contributed by atoms with Gasteiger partial charge in [-0.1, -0.05) is 18.1 Å². The molecule has 0 saturated heterocycles. The average molecular weight is 473 g/mol. The third-order valence-electron chi connectivity index (χ3n) is 4.43. The van der Waals surface area contributed by atoms with Gasteiger partial charge >= 0.3 is 5.91 Å². The number of primary amides is 1. The lowest BCUT2D eigenvalue weighted by Crippen LogP contribution is -2.95. The van der Waals surface area contributed by atoms with Crippen molar-refractivity contribution in [1.29, 1.82) is 0 Å². The third-order valence-corrected chi connectivity index (χ3v) is 5.10. The van der Waals surface area contributed by atoms with Crippen LogP contribution in [0.2, 0.25) is 0 Å². The summed E-state index contributed by atoms with van der Waals surface area (Å²) in [4.78, 5) is 21.1. The van der Waals surface area contributed by atoms with Gasteiger partial charge in [-0.15, -0.1) is 0 Å². The first kappa shape index (κ1) is 24.2. The van der Waals surface area contributed by atoms with E-state index in [2.05, 4.69) is 26.5 Å². The van der Waals surface area contributed by atoms with Gasteiger partial charge in [-0.05, 0) is 41.7 Å². The molecule has 1 aromatic carbocycles. The van der Waals surface area contributed by atoms with E-state index >= 15 is 0 Å². The molecule has 9 nitrogen and oxygen atoms in total. The van der Waals surface area contributed by atoms with Crippen LogP contribution < -0.4 is 10.1 Å². The zero-order chi connectivity index (χ0) is 24.2.